The molecule has 0 aliphatic carbocycles. The summed E-state index contributed by atoms with van der Waals surface area (Å²) in [6.07, 6.45) is 5.90. The lowest BCUT2D eigenvalue weighted by molar-refractivity contribution is -0.384. The van der Waals surface area contributed by atoms with Crippen molar-refractivity contribution in [2.45, 2.75) is 6.54 Å². The average molecular weight is 677 g/mol. The van der Waals surface area contributed by atoms with Gasteiger partial charge < -0.3 is 14.0 Å². The molecule has 8 nitrogen and oxygen atoms in total. The fourth-order valence-electron chi connectivity index (χ4n) is 5.02. The van der Waals surface area contributed by atoms with Gasteiger partial charge in [-0.05, 0) is 82.9 Å². The van der Waals surface area contributed by atoms with Crippen LogP contribution < -0.4 is 4.74 Å². The predicted molar refractivity (Wildman–Crippen MR) is 189 cm³/mol. The molecule has 0 radical (unpaired) electrons. The van der Waals surface area contributed by atoms with Gasteiger partial charge in [0, 0.05) is 35.5 Å². The topological polar surface area (TPSA) is 96.5 Å². The number of ether oxygens (including phenoxy) is 2. The van der Waals surface area contributed by atoms with Crippen molar-refractivity contribution in [1.82, 2.24) is 9.55 Å². The molecular weight excluding hydrogens is 649 g/mol. The molecule has 0 bridgehead atoms. The van der Waals surface area contributed by atoms with E-state index in [4.69, 9.17) is 37.7 Å². The minimum absolute atomic E-state index is 0.0118. The highest BCUT2D eigenvalue weighted by Gasteiger charge is 2.13. The number of hydrogen-bond donors (Lipinski definition) is 0. The summed E-state index contributed by atoms with van der Waals surface area (Å²) in [6, 6.07) is 34.3. The molecule has 0 aliphatic heterocycles. The fourth-order valence-corrected chi connectivity index (χ4v) is 5.53. The van der Waals surface area contributed by atoms with Gasteiger partial charge >= 0.3 is 5.97 Å². The van der Waals surface area contributed by atoms with E-state index in [0.717, 1.165) is 33.6 Å². The van der Waals surface area contributed by atoms with E-state index in [1.807, 2.05) is 89.6 Å². The summed E-state index contributed by atoms with van der Waals surface area (Å²) in [7, 11) is 1.36. The van der Waals surface area contributed by atoms with Gasteiger partial charge in [-0.2, -0.15) is 0 Å². The molecule has 238 valence electrons. The molecule has 0 fully saturated rings. The van der Waals surface area contributed by atoms with E-state index in [-0.39, 0.29) is 11.7 Å². The van der Waals surface area contributed by atoms with Gasteiger partial charge in [-0.3, -0.25) is 10.1 Å². The number of carbonyl (C=O) groups excluding carboxylic acids is 1. The van der Waals surface area contributed by atoms with Gasteiger partial charge in [0.15, 0.2) is 0 Å². The highest BCUT2D eigenvalue weighted by atomic mass is 35.5. The van der Waals surface area contributed by atoms with Crippen molar-refractivity contribution in [3.05, 3.63) is 164 Å². The van der Waals surface area contributed by atoms with Crippen LogP contribution in [0.15, 0.2) is 121 Å². The second kappa shape index (κ2) is 14.4. The van der Waals surface area contributed by atoms with Crippen molar-refractivity contribution < 1.29 is 19.2 Å². The number of nitrogens with zero attached hydrogens (tertiary/aromatic N) is 3. The lowest BCUT2D eigenvalue weighted by atomic mass is 10.0. The maximum absolute atomic E-state index is 11.9. The molecule has 0 N–H and O–H groups in total. The maximum Gasteiger partial charge on any atom is 0.337 e. The van der Waals surface area contributed by atoms with E-state index in [1.54, 1.807) is 36.4 Å². The van der Waals surface area contributed by atoms with Gasteiger partial charge in [-0.1, -0.05) is 77.8 Å². The first-order valence-corrected chi connectivity index (χ1v) is 15.5. The third-order valence-corrected chi connectivity index (χ3v) is 8.10. The number of non-ortho nitro benzene ring substituents is 1. The highest BCUT2D eigenvalue weighted by Crippen LogP contribution is 2.31. The quantitative estimate of drug-likeness (QED) is 0.0814. The van der Waals surface area contributed by atoms with Crippen LogP contribution in [-0.2, 0) is 11.3 Å². The van der Waals surface area contributed by atoms with Gasteiger partial charge in [0.1, 0.15) is 17.3 Å². The smallest absolute Gasteiger partial charge is 0.337 e. The second-order valence-corrected chi connectivity index (χ2v) is 11.6. The van der Waals surface area contributed by atoms with Crippen molar-refractivity contribution >= 4 is 47.0 Å². The zero-order valence-corrected chi connectivity index (χ0v) is 27.1. The van der Waals surface area contributed by atoms with Gasteiger partial charge in [0.05, 0.1) is 28.3 Å². The van der Waals surface area contributed by atoms with E-state index in [2.05, 4.69) is 0 Å². The van der Waals surface area contributed by atoms with Crippen LogP contribution in [0.2, 0.25) is 10.0 Å². The molecule has 0 atom stereocenters. The average Bonchev–Trinajstić information content (AvgIpc) is 3.50. The lowest BCUT2D eigenvalue weighted by Gasteiger charge is -2.08. The number of carbonyl (C=O) groups is 1. The maximum atomic E-state index is 11.9. The van der Waals surface area contributed by atoms with E-state index in [9.17, 15) is 14.9 Å². The fraction of sp³-hybridized carbons (Fsp3) is 0.0526. The number of hydrogen-bond acceptors (Lipinski definition) is 6. The molecular formula is C38H27Cl2N3O5. The van der Waals surface area contributed by atoms with Crippen molar-refractivity contribution in [3.63, 3.8) is 0 Å². The Morgan fingerprint density at radius 1 is 0.833 bits per heavy atom. The number of aromatic nitrogens is 2. The Labute approximate surface area is 286 Å². The third kappa shape index (κ3) is 7.63. The van der Waals surface area contributed by atoms with Crippen LogP contribution in [-0.4, -0.2) is 27.6 Å². The molecule has 48 heavy (non-hydrogen) atoms. The van der Waals surface area contributed by atoms with Crippen LogP contribution in [0.4, 0.5) is 5.69 Å². The van der Waals surface area contributed by atoms with Crippen molar-refractivity contribution in [2.75, 3.05) is 7.11 Å². The predicted octanol–water partition coefficient (Wildman–Crippen LogP) is 10.2. The van der Waals surface area contributed by atoms with E-state index < -0.39 is 4.92 Å². The normalized spacial score (nSPS) is 11.1. The van der Waals surface area contributed by atoms with Crippen molar-refractivity contribution in [2.24, 2.45) is 0 Å². The number of methoxy groups -OCH3 is 1. The molecule has 0 saturated carbocycles. The minimum atomic E-state index is -0.444. The van der Waals surface area contributed by atoms with Crippen LogP contribution in [0.1, 0.15) is 27.3 Å². The summed E-state index contributed by atoms with van der Waals surface area (Å²) >= 11 is 12.7. The van der Waals surface area contributed by atoms with Gasteiger partial charge in [0.2, 0.25) is 0 Å². The Kier molecular flexibility index (Phi) is 9.66. The summed E-state index contributed by atoms with van der Waals surface area (Å²) in [5.41, 5.74) is 5.98. The Hall–Kier alpha value is -5.70. The molecule has 0 aliphatic rings. The summed E-state index contributed by atoms with van der Waals surface area (Å²) in [4.78, 5) is 27.2. The number of halogens is 2. The number of rotatable bonds is 10. The Morgan fingerprint density at radius 2 is 1.46 bits per heavy atom. The molecule has 0 saturated heterocycles. The molecule has 0 amide bonds. The Morgan fingerprint density at radius 3 is 2.06 bits per heavy atom. The van der Waals surface area contributed by atoms with E-state index >= 15 is 0 Å². The van der Waals surface area contributed by atoms with Crippen LogP contribution in [0, 0.1) is 10.1 Å². The monoisotopic (exact) mass is 675 g/mol. The van der Waals surface area contributed by atoms with Crippen LogP contribution in [0.25, 0.3) is 34.5 Å². The van der Waals surface area contributed by atoms with Crippen LogP contribution >= 0.6 is 23.2 Å². The second-order valence-electron chi connectivity index (χ2n) is 10.8. The summed E-state index contributed by atoms with van der Waals surface area (Å²) < 4.78 is 12.7. The molecule has 5 aromatic carbocycles. The molecule has 6 aromatic rings. The molecule has 0 unspecified atom stereocenters. The van der Waals surface area contributed by atoms with Crippen LogP contribution in [0.3, 0.4) is 0 Å². The zero-order valence-electron chi connectivity index (χ0n) is 25.5. The first kappa shape index (κ1) is 32.2. The molecule has 10 heteroatoms. The van der Waals surface area contributed by atoms with E-state index in [0.29, 0.717) is 39.3 Å². The number of imidazole rings is 1. The number of nitro groups is 1. The molecule has 1 heterocycles. The SMILES string of the molecule is COC(=O)c1ccc(Cn2cc(-c3ccc(Cl)cc3Cl)nc2C=Cc2ccc(-c3ccc(Oc4ccc([N+](=O)[O-])cc4)cc3)cc2)cc1. The molecule has 6 rings (SSSR count). The highest BCUT2D eigenvalue weighted by molar-refractivity contribution is 6.36. The lowest BCUT2D eigenvalue weighted by Crippen LogP contribution is -2.03. The first-order chi connectivity index (χ1) is 23.2. The Bertz CT molecular complexity index is 2110. The van der Waals surface area contributed by atoms with E-state index in [1.165, 1.54) is 19.2 Å². The summed E-state index contributed by atoms with van der Waals surface area (Å²) in [6.45, 7) is 0.516. The standard InChI is InChI=1S/C38H27Cl2N3O5/c1-47-38(44)29-9-4-26(5-10-29)23-42-24-36(34-20-13-30(39)22-35(34)40)41-37(42)21-6-25-2-7-27(8-3-25)28-11-16-32(17-12-28)48-33-18-14-31(15-19-33)43(45)46/h2-22,24H,23H2,1H3. The molecule has 0 spiro atoms. The molecule has 1 aromatic heterocycles. The summed E-state index contributed by atoms with van der Waals surface area (Å²) in [5, 5.41) is 11.9. The third-order valence-electron chi connectivity index (χ3n) is 7.55. The van der Waals surface area contributed by atoms with Crippen molar-refractivity contribution in [1.29, 1.82) is 0 Å². The number of nitro benzene ring substituents is 1. The largest absolute Gasteiger partial charge is 0.465 e. The summed E-state index contributed by atoms with van der Waals surface area (Å²) in [5.74, 6) is 1.48. The number of benzene rings is 5. The van der Waals surface area contributed by atoms with Gasteiger partial charge in [-0.15, -0.1) is 0 Å². The van der Waals surface area contributed by atoms with Crippen molar-refractivity contribution in [3.8, 4) is 33.9 Å². The minimum Gasteiger partial charge on any atom is -0.465 e. The number of esters is 1. The first-order valence-electron chi connectivity index (χ1n) is 14.8. The van der Waals surface area contributed by atoms with Crippen LogP contribution in [0.5, 0.6) is 11.5 Å². The zero-order chi connectivity index (χ0) is 33.6. The van der Waals surface area contributed by atoms with Gasteiger partial charge in [0.25, 0.3) is 5.69 Å². The Balaban J connectivity index is 1.20. The van der Waals surface area contributed by atoms with Gasteiger partial charge in [-0.25, -0.2) is 9.78 Å².